The highest BCUT2D eigenvalue weighted by molar-refractivity contribution is 6.03. The fourth-order valence-corrected chi connectivity index (χ4v) is 2.90. The zero-order valence-corrected chi connectivity index (χ0v) is 15.2. The van der Waals surface area contributed by atoms with Crippen LogP contribution in [0, 0.1) is 5.82 Å². The van der Waals surface area contributed by atoms with Gasteiger partial charge in [0.2, 0.25) is 11.8 Å². The second kappa shape index (κ2) is 7.93. The molecule has 0 bridgehead atoms. The number of fused-ring (bicyclic) bond motifs is 1. The summed E-state index contributed by atoms with van der Waals surface area (Å²) in [5, 5.41) is 5.46. The van der Waals surface area contributed by atoms with Crippen molar-refractivity contribution in [3.05, 3.63) is 83.9 Å². The van der Waals surface area contributed by atoms with Crippen LogP contribution in [0.1, 0.15) is 11.1 Å². The number of nitrogens with one attached hydrogen (secondary N) is 2. The van der Waals surface area contributed by atoms with Gasteiger partial charge in [0.1, 0.15) is 5.75 Å². The maximum atomic E-state index is 14.3. The van der Waals surface area contributed by atoms with Gasteiger partial charge >= 0.3 is 0 Å². The lowest BCUT2D eigenvalue weighted by Crippen LogP contribution is -2.07. The fraction of sp³-hybridized carbons (Fsp3) is 0.0455. The molecule has 29 heavy (non-hydrogen) atoms. The first-order valence-corrected chi connectivity index (χ1v) is 8.86. The van der Waals surface area contributed by atoms with Crippen molar-refractivity contribution in [1.82, 2.24) is 4.98 Å². The van der Waals surface area contributed by atoms with E-state index in [4.69, 9.17) is 4.74 Å². The standard InChI is InChI=1S/C22H16FN3O3/c23-18-10-14(3-7-20(18)29-17-2-1-9-24-13-17)4-8-21(27)25-16-5-6-19-15(11-16)12-22(28)26-19/h1-11,13H,12H2,(H,25,27)(H,26,28). The average molecular weight is 389 g/mol. The summed E-state index contributed by atoms with van der Waals surface area (Å²) in [6, 6.07) is 13.0. The molecule has 4 rings (SSSR count). The molecule has 0 atom stereocenters. The number of carbonyl (C=O) groups is 2. The highest BCUT2D eigenvalue weighted by Crippen LogP contribution is 2.26. The lowest BCUT2D eigenvalue weighted by Gasteiger charge is -2.07. The van der Waals surface area contributed by atoms with Gasteiger partial charge in [-0.2, -0.15) is 0 Å². The van der Waals surface area contributed by atoms with Gasteiger partial charge in [-0.25, -0.2) is 4.39 Å². The summed E-state index contributed by atoms with van der Waals surface area (Å²) in [6.07, 6.45) is 6.20. The number of amides is 2. The normalized spacial score (nSPS) is 12.5. The lowest BCUT2D eigenvalue weighted by molar-refractivity contribution is -0.115. The first-order chi connectivity index (χ1) is 14.1. The third kappa shape index (κ3) is 4.47. The topological polar surface area (TPSA) is 80.3 Å². The van der Waals surface area contributed by atoms with Crippen LogP contribution in [0.5, 0.6) is 11.5 Å². The summed E-state index contributed by atoms with van der Waals surface area (Å²) in [6.45, 7) is 0. The molecule has 2 N–H and O–H groups in total. The van der Waals surface area contributed by atoms with Crippen LogP contribution in [-0.4, -0.2) is 16.8 Å². The van der Waals surface area contributed by atoms with Crippen LogP contribution in [-0.2, 0) is 16.0 Å². The molecule has 0 saturated heterocycles. The van der Waals surface area contributed by atoms with E-state index in [1.165, 1.54) is 30.5 Å². The van der Waals surface area contributed by atoms with Crippen LogP contribution in [0.3, 0.4) is 0 Å². The minimum Gasteiger partial charge on any atom is -0.453 e. The zero-order chi connectivity index (χ0) is 20.2. The number of ether oxygens (including phenoxy) is 1. The number of hydrogen-bond acceptors (Lipinski definition) is 4. The molecular weight excluding hydrogens is 373 g/mol. The third-order valence-corrected chi connectivity index (χ3v) is 4.24. The fourth-order valence-electron chi connectivity index (χ4n) is 2.90. The maximum absolute atomic E-state index is 14.3. The summed E-state index contributed by atoms with van der Waals surface area (Å²) in [5.74, 6) is -0.479. The first kappa shape index (κ1) is 18.4. The Morgan fingerprint density at radius 2 is 2.10 bits per heavy atom. The molecule has 0 fully saturated rings. The number of rotatable bonds is 5. The van der Waals surface area contributed by atoms with Crippen LogP contribution >= 0.6 is 0 Å². The highest BCUT2D eigenvalue weighted by Gasteiger charge is 2.17. The van der Waals surface area contributed by atoms with E-state index >= 15 is 0 Å². The van der Waals surface area contributed by atoms with Crippen molar-refractivity contribution >= 4 is 29.3 Å². The Morgan fingerprint density at radius 3 is 2.90 bits per heavy atom. The Hall–Kier alpha value is -4.00. The molecule has 1 aliphatic heterocycles. The van der Waals surface area contributed by atoms with Crippen molar-refractivity contribution in [2.24, 2.45) is 0 Å². The summed E-state index contributed by atoms with van der Waals surface area (Å²) < 4.78 is 19.7. The van der Waals surface area contributed by atoms with Crippen LogP contribution in [0.2, 0.25) is 0 Å². The molecular formula is C22H16FN3O3. The predicted octanol–water partition coefficient (Wildman–Crippen LogP) is 4.16. The number of hydrogen-bond donors (Lipinski definition) is 2. The molecule has 2 heterocycles. The number of halogens is 1. The van der Waals surface area contributed by atoms with Gasteiger partial charge in [0.25, 0.3) is 0 Å². The van der Waals surface area contributed by atoms with E-state index in [0.29, 0.717) is 23.4 Å². The monoisotopic (exact) mass is 389 g/mol. The number of benzene rings is 2. The third-order valence-electron chi connectivity index (χ3n) is 4.24. The molecule has 0 saturated carbocycles. The van der Waals surface area contributed by atoms with E-state index in [0.717, 1.165) is 11.3 Å². The molecule has 3 aromatic rings. The minimum atomic E-state index is -0.549. The molecule has 0 aliphatic carbocycles. The van der Waals surface area contributed by atoms with E-state index in [2.05, 4.69) is 15.6 Å². The molecule has 0 radical (unpaired) electrons. The zero-order valence-electron chi connectivity index (χ0n) is 15.2. The van der Waals surface area contributed by atoms with Gasteiger partial charge in [-0.3, -0.25) is 14.6 Å². The van der Waals surface area contributed by atoms with Crippen LogP contribution < -0.4 is 15.4 Å². The van der Waals surface area contributed by atoms with Crippen molar-refractivity contribution in [1.29, 1.82) is 0 Å². The van der Waals surface area contributed by atoms with Crippen molar-refractivity contribution in [3.63, 3.8) is 0 Å². The Bertz CT molecular complexity index is 1110. The molecule has 2 aromatic carbocycles. The average Bonchev–Trinajstić information content (AvgIpc) is 3.08. The van der Waals surface area contributed by atoms with Gasteiger partial charge in [0, 0.05) is 23.6 Å². The SMILES string of the molecule is O=C(C=Cc1ccc(Oc2cccnc2)c(F)c1)Nc1ccc2c(c1)CC(=O)N2. The molecule has 6 nitrogen and oxygen atoms in total. The van der Waals surface area contributed by atoms with Gasteiger partial charge < -0.3 is 15.4 Å². The number of nitrogens with zero attached hydrogens (tertiary/aromatic N) is 1. The molecule has 1 aromatic heterocycles. The summed E-state index contributed by atoms with van der Waals surface area (Å²) in [5.41, 5.74) is 2.69. The summed E-state index contributed by atoms with van der Waals surface area (Å²) >= 11 is 0. The first-order valence-electron chi connectivity index (χ1n) is 8.86. The second-order valence-electron chi connectivity index (χ2n) is 6.40. The minimum absolute atomic E-state index is 0.0682. The van der Waals surface area contributed by atoms with Gasteiger partial charge in [-0.05, 0) is 59.7 Å². The van der Waals surface area contributed by atoms with E-state index < -0.39 is 5.82 Å². The van der Waals surface area contributed by atoms with E-state index in [1.54, 1.807) is 42.6 Å². The number of carbonyl (C=O) groups excluding carboxylic acids is 2. The van der Waals surface area contributed by atoms with E-state index in [-0.39, 0.29) is 17.6 Å². The Kier molecular flexibility index (Phi) is 5.03. The maximum Gasteiger partial charge on any atom is 0.248 e. The number of pyridine rings is 1. The van der Waals surface area contributed by atoms with Crippen molar-refractivity contribution in [3.8, 4) is 11.5 Å². The molecule has 2 amide bonds. The van der Waals surface area contributed by atoms with E-state index in [9.17, 15) is 14.0 Å². The van der Waals surface area contributed by atoms with Gasteiger partial charge in [0.05, 0.1) is 12.6 Å². The van der Waals surface area contributed by atoms with Crippen molar-refractivity contribution in [2.75, 3.05) is 10.6 Å². The molecule has 0 spiro atoms. The highest BCUT2D eigenvalue weighted by atomic mass is 19.1. The summed E-state index contributed by atoms with van der Waals surface area (Å²) in [7, 11) is 0. The Balaban J connectivity index is 1.40. The lowest BCUT2D eigenvalue weighted by atomic mass is 10.1. The van der Waals surface area contributed by atoms with Gasteiger partial charge in [0.15, 0.2) is 11.6 Å². The molecule has 0 unspecified atom stereocenters. The number of aromatic nitrogens is 1. The quantitative estimate of drug-likeness (QED) is 0.642. The van der Waals surface area contributed by atoms with Crippen LogP contribution in [0.15, 0.2) is 67.0 Å². The second-order valence-corrected chi connectivity index (χ2v) is 6.40. The van der Waals surface area contributed by atoms with Gasteiger partial charge in [-0.1, -0.05) is 6.07 Å². The largest absolute Gasteiger partial charge is 0.453 e. The van der Waals surface area contributed by atoms with Crippen LogP contribution in [0.25, 0.3) is 6.08 Å². The smallest absolute Gasteiger partial charge is 0.248 e. The Labute approximate surface area is 166 Å². The summed E-state index contributed by atoms with van der Waals surface area (Å²) in [4.78, 5) is 27.4. The molecule has 7 heteroatoms. The van der Waals surface area contributed by atoms with Crippen molar-refractivity contribution < 1.29 is 18.7 Å². The predicted molar refractivity (Wildman–Crippen MR) is 107 cm³/mol. The van der Waals surface area contributed by atoms with Gasteiger partial charge in [-0.15, -0.1) is 0 Å². The van der Waals surface area contributed by atoms with Crippen LogP contribution in [0.4, 0.5) is 15.8 Å². The van der Waals surface area contributed by atoms with Crippen molar-refractivity contribution in [2.45, 2.75) is 6.42 Å². The van der Waals surface area contributed by atoms with E-state index in [1.807, 2.05) is 0 Å². The molecule has 144 valence electrons. The number of anilines is 2. The molecule has 1 aliphatic rings. The Morgan fingerprint density at radius 1 is 1.21 bits per heavy atom.